The molecular weight excluding hydrogens is 402 g/mol. The number of aromatic nitrogens is 3. The normalized spacial score (nSPS) is 14.3. The fraction of sp³-hybridized carbons (Fsp3) is 0.381. The van der Waals surface area contributed by atoms with Gasteiger partial charge in [-0.15, -0.1) is 21.5 Å². The van der Waals surface area contributed by atoms with Crippen LogP contribution in [-0.4, -0.2) is 44.4 Å². The molecule has 152 valence electrons. The van der Waals surface area contributed by atoms with Gasteiger partial charge in [-0.1, -0.05) is 48.2 Å². The van der Waals surface area contributed by atoms with Crippen LogP contribution in [0.5, 0.6) is 0 Å². The van der Waals surface area contributed by atoms with Crippen molar-refractivity contribution in [2.75, 3.05) is 18.8 Å². The highest BCUT2D eigenvalue weighted by molar-refractivity contribution is 7.99. The first-order chi connectivity index (χ1) is 14.3. The molecule has 1 amide bonds. The topological polar surface area (TPSA) is 63.1 Å². The van der Waals surface area contributed by atoms with Crippen molar-refractivity contribution >= 4 is 29.0 Å². The standard InChI is InChI=1S/C21H25N5OS2/c27-20(22-13-18-9-6-12-28-18)16-29-21-24-23-19(15-25-10-4-5-11-25)26(21)14-17-7-2-1-3-8-17/h1-3,6-9,12H,4-5,10-11,13-16H2,(H,22,27). The van der Waals surface area contributed by atoms with Gasteiger partial charge in [-0.05, 0) is 42.9 Å². The van der Waals surface area contributed by atoms with Gasteiger partial charge < -0.3 is 9.88 Å². The van der Waals surface area contributed by atoms with Crippen LogP contribution in [0, 0.1) is 0 Å². The molecule has 1 fully saturated rings. The van der Waals surface area contributed by atoms with Crippen LogP contribution in [0.15, 0.2) is 53.0 Å². The first-order valence-corrected chi connectivity index (χ1v) is 11.7. The number of rotatable bonds is 9. The van der Waals surface area contributed by atoms with Crippen LogP contribution in [0.2, 0.25) is 0 Å². The average Bonchev–Trinajstić information content (AvgIpc) is 3.50. The molecule has 8 heteroatoms. The predicted molar refractivity (Wildman–Crippen MR) is 117 cm³/mol. The molecule has 1 aliphatic heterocycles. The van der Waals surface area contributed by atoms with Crippen LogP contribution in [0.4, 0.5) is 0 Å². The number of carbonyl (C=O) groups is 1. The SMILES string of the molecule is O=C(CSc1nnc(CN2CCCC2)n1Cc1ccccc1)NCc1cccs1. The van der Waals surface area contributed by atoms with Crippen LogP contribution in [-0.2, 0) is 24.4 Å². The molecule has 0 atom stereocenters. The lowest BCUT2D eigenvalue weighted by Crippen LogP contribution is -2.24. The van der Waals surface area contributed by atoms with E-state index in [2.05, 4.69) is 37.1 Å². The molecule has 1 aliphatic rings. The molecule has 6 nitrogen and oxygen atoms in total. The lowest BCUT2D eigenvalue weighted by Gasteiger charge is -2.16. The summed E-state index contributed by atoms with van der Waals surface area (Å²) in [6.07, 6.45) is 2.50. The minimum Gasteiger partial charge on any atom is -0.350 e. The third-order valence-electron chi connectivity index (χ3n) is 4.91. The van der Waals surface area contributed by atoms with Gasteiger partial charge in [0.25, 0.3) is 0 Å². The second kappa shape index (κ2) is 10.0. The summed E-state index contributed by atoms with van der Waals surface area (Å²) in [4.78, 5) is 15.9. The van der Waals surface area contributed by atoms with Crippen LogP contribution in [0.1, 0.15) is 29.1 Å². The summed E-state index contributed by atoms with van der Waals surface area (Å²) in [7, 11) is 0. The number of carbonyl (C=O) groups excluding carboxylic acids is 1. The Morgan fingerprint density at radius 3 is 2.66 bits per heavy atom. The zero-order chi connectivity index (χ0) is 19.9. The maximum Gasteiger partial charge on any atom is 0.230 e. The molecule has 1 saturated heterocycles. The lowest BCUT2D eigenvalue weighted by molar-refractivity contribution is -0.118. The summed E-state index contributed by atoms with van der Waals surface area (Å²) in [5, 5.41) is 14.7. The first kappa shape index (κ1) is 20.1. The summed E-state index contributed by atoms with van der Waals surface area (Å²) in [5.41, 5.74) is 1.21. The van der Waals surface area contributed by atoms with Gasteiger partial charge >= 0.3 is 0 Å². The molecule has 3 heterocycles. The van der Waals surface area contributed by atoms with Crippen molar-refractivity contribution in [2.24, 2.45) is 0 Å². The molecule has 0 unspecified atom stereocenters. The Morgan fingerprint density at radius 2 is 1.90 bits per heavy atom. The molecular formula is C21H25N5OS2. The summed E-state index contributed by atoms with van der Waals surface area (Å²) in [6.45, 7) is 4.34. The smallest absolute Gasteiger partial charge is 0.230 e. The number of nitrogens with one attached hydrogen (secondary N) is 1. The predicted octanol–water partition coefficient (Wildman–Crippen LogP) is 3.39. The third kappa shape index (κ3) is 5.68. The lowest BCUT2D eigenvalue weighted by atomic mass is 10.2. The molecule has 0 spiro atoms. The van der Waals surface area contributed by atoms with E-state index in [9.17, 15) is 4.79 Å². The van der Waals surface area contributed by atoms with E-state index in [0.29, 0.717) is 12.3 Å². The van der Waals surface area contributed by atoms with E-state index in [1.807, 2.05) is 35.7 Å². The zero-order valence-electron chi connectivity index (χ0n) is 16.3. The Labute approximate surface area is 179 Å². The number of hydrogen-bond donors (Lipinski definition) is 1. The van der Waals surface area contributed by atoms with Gasteiger partial charge in [-0.3, -0.25) is 9.69 Å². The van der Waals surface area contributed by atoms with E-state index < -0.39 is 0 Å². The summed E-state index contributed by atoms with van der Waals surface area (Å²) >= 11 is 3.10. The third-order valence-corrected chi connectivity index (χ3v) is 6.76. The number of likely N-dealkylation sites (tertiary alicyclic amines) is 1. The van der Waals surface area contributed by atoms with Crippen molar-refractivity contribution in [1.82, 2.24) is 25.0 Å². The Kier molecular flexibility index (Phi) is 6.97. The second-order valence-electron chi connectivity index (χ2n) is 7.10. The van der Waals surface area contributed by atoms with Gasteiger partial charge in [0.05, 0.1) is 25.4 Å². The van der Waals surface area contributed by atoms with E-state index in [-0.39, 0.29) is 5.91 Å². The highest BCUT2D eigenvalue weighted by Crippen LogP contribution is 2.21. The Balaban J connectivity index is 1.41. The molecule has 0 saturated carbocycles. The number of amides is 1. The summed E-state index contributed by atoms with van der Waals surface area (Å²) in [6, 6.07) is 14.4. The Hall–Kier alpha value is -2.16. The van der Waals surface area contributed by atoms with Crippen molar-refractivity contribution in [1.29, 1.82) is 0 Å². The fourth-order valence-electron chi connectivity index (χ4n) is 3.39. The maximum atomic E-state index is 12.3. The molecule has 4 rings (SSSR count). The van der Waals surface area contributed by atoms with E-state index in [0.717, 1.165) is 42.0 Å². The Morgan fingerprint density at radius 1 is 1.07 bits per heavy atom. The number of hydrogen-bond acceptors (Lipinski definition) is 6. The van der Waals surface area contributed by atoms with Crippen LogP contribution >= 0.6 is 23.1 Å². The monoisotopic (exact) mass is 427 g/mol. The van der Waals surface area contributed by atoms with E-state index >= 15 is 0 Å². The molecule has 0 aliphatic carbocycles. The number of nitrogens with zero attached hydrogens (tertiary/aromatic N) is 4. The second-order valence-corrected chi connectivity index (χ2v) is 9.07. The molecule has 29 heavy (non-hydrogen) atoms. The summed E-state index contributed by atoms with van der Waals surface area (Å²) < 4.78 is 2.16. The quantitative estimate of drug-likeness (QED) is 0.531. The molecule has 1 N–H and O–H groups in total. The maximum absolute atomic E-state index is 12.3. The first-order valence-electron chi connectivity index (χ1n) is 9.88. The van der Waals surface area contributed by atoms with Crippen LogP contribution in [0.3, 0.4) is 0 Å². The van der Waals surface area contributed by atoms with Gasteiger partial charge in [0.15, 0.2) is 5.16 Å². The summed E-state index contributed by atoms with van der Waals surface area (Å²) in [5.74, 6) is 1.32. The van der Waals surface area contributed by atoms with Gasteiger partial charge in [0.1, 0.15) is 5.82 Å². The van der Waals surface area contributed by atoms with Crippen LogP contribution in [0.25, 0.3) is 0 Å². The van der Waals surface area contributed by atoms with E-state index in [1.165, 1.54) is 30.2 Å². The molecule has 0 bridgehead atoms. The van der Waals surface area contributed by atoms with Crippen molar-refractivity contribution in [2.45, 2.75) is 37.6 Å². The molecule has 0 radical (unpaired) electrons. The van der Waals surface area contributed by atoms with Crippen molar-refractivity contribution in [3.05, 3.63) is 64.1 Å². The zero-order valence-corrected chi connectivity index (χ0v) is 17.9. The number of benzene rings is 1. The van der Waals surface area contributed by atoms with Crippen LogP contribution < -0.4 is 5.32 Å². The van der Waals surface area contributed by atoms with Gasteiger partial charge in [0, 0.05) is 4.88 Å². The van der Waals surface area contributed by atoms with Crippen molar-refractivity contribution in [3.63, 3.8) is 0 Å². The van der Waals surface area contributed by atoms with E-state index in [1.54, 1.807) is 11.3 Å². The number of thioether (sulfide) groups is 1. The fourth-order valence-corrected chi connectivity index (χ4v) is 4.82. The highest BCUT2D eigenvalue weighted by Gasteiger charge is 2.19. The Bertz CT molecular complexity index is 905. The largest absolute Gasteiger partial charge is 0.350 e. The van der Waals surface area contributed by atoms with E-state index in [4.69, 9.17) is 0 Å². The minimum atomic E-state index is 0.0127. The average molecular weight is 428 g/mol. The highest BCUT2D eigenvalue weighted by atomic mass is 32.2. The van der Waals surface area contributed by atoms with Gasteiger partial charge in [0.2, 0.25) is 5.91 Å². The minimum absolute atomic E-state index is 0.0127. The number of thiophene rings is 1. The molecule has 1 aromatic carbocycles. The molecule has 2 aromatic heterocycles. The van der Waals surface area contributed by atoms with Crippen molar-refractivity contribution < 1.29 is 4.79 Å². The van der Waals surface area contributed by atoms with Gasteiger partial charge in [-0.2, -0.15) is 0 Å². The van der Waals surface area contributed by atoms with Gasteiger partial charge in [-0.25, -0.2) is 0 Å². The van der Waals surface area contributed by atoms with Crippen molar-refractivity contribution in [3.8, 4) is 0 Å². The molecule has 3 aromatic rings.